The standard InChI is InChI=1S/C10H20N2O2/c1-11(2)9-4-3-6-12(7-5-9)8-10(13)14/h9H,3-8H2,1-2H3,(H,13,14). The normalized spacial score (nSPS) is 24.9. The fraction of sp³-hybridized carbons (Fsp3) is 0.900. The van der Waals surface area contributed by atoms with Gasteiger partial charge in [-0.2, -0.15) is 0 Å². The number of nitrogens with zero attached hydrogens (tertiary/aromatic N) is 2. The molecule has 0 aromatic rings. The second-order valence-corrected chi connectivity index (χ2v) is 4.22. The molecule has 1 atom stereocenters. The van der Waals surface area contributed by atoms with Crippen molar-refractivity contribution in [2.75, 3.05) is 33.7 Å². The third kappa shape index (κ3) is 3.64. The third-order valence-corrected chi connectivity index (χ3v) is 2.88. The molecule has 1 saturated heterocycles. The van der Waals surface area contributed by atoms with E-state index >= 15 is 0 Å². The molecule has 1 N–H and O–H groups in total. The second kappa shape index (κ2) is 5.32. The maximum atomic E-state index is 10.5. The number of hydrogen-bond acceptors (Lipinski definition) is 3. The molecule has 1 fully saturated rings. The zero-order chi connectivity index (χ0) is 10.6. The van der Waals surface area contributed by atoms with E-state index < -0.39 is 5.97 Å². The smallest absolute Gasteiger partial charge is 0.317 e. The Morgan fingerprint density at radius 1 is 1.43 bits per heavy atom. The van der Waals surface area contributed by atoms with E-state index in [1.165, 1.54) is 6.42 Å². The van der Waals surface area contributed by atoms with Gasteiger partial charge in [-0.05, 0) is 39.9 Å². The van der Waals surface area contributed by atoms with E-state index in [-0.39, 0.29) is 6.54 Å². The van der Waals surface area contributed by atoms with Gasteiger partial charge in [-0.15, -0.1) is 0 Å². The van der Waals surface area contributed by atoms with E-state index in [2.05, 4.69) is 19.0 Å². The number of hydrogen-bond donors (Lipinski definition) is 1. The Morgan fingerprint density at radius 3 is 2.71 bits per heavy atom. The molecule has 0 spiro atoms. The summed E-state index contributed by atoms with van der Waals surface area (Å²) in [5.41, 5.74) is 0. The summed E-state index contributed by atoms with van der Waals surface area (Å²) < 4.78 is 0. The predicted molar refractivity (Wildman–Crippen MR) is 55.4 cm³/mol. The molecular weight excluding hydrogens is 180 g/mol. The van der Waals surface area contributed by atoms with Gasteiger partial charge in [0.1, 0.15) is 0 Å². The van der Waals surface area contributed by atoms with Crippen molar-refractivity contribution in [1.29, 1.82) is 0 Å². The molecule has 1 aliphatic rings. The van der Waals surface area contributed by atoms with Crippen LogP contribution in [-0.4, -0.2) is 60.6 Å². The molecule has 0 radical (unpaired) electrons. The van der Waals surface area contributed by atoms with Crippen molar-refractivity contribution in [3.8, 4) is 0 Å². The number of carboxylic acid groups (broad SMARTS) is 1. The Kier molecular flexibility index (Phi) is 4.35. The van der Waals surface area contributed by atoms with Crippen LogP contribution in [0.4, 0.5) is 0 Å². The summed E-state index contributed by atoms with van der Waals surface area (Å²) in [7, 11) is 4.19. The topological polar surface area (TPSA) is 43.8 Å². The average molecular weight is 200 g/mol. The summed E-state index contributed by atoms with van der Waals surface area (Å²) in [5, 5.41) is 8.68. The number of carboxylic acids is 1. The van der Waals surface area contributed by atoms with Gasteiger partial charge in [0.2, 0.25) is 0 Å². The fourth-order valence-electron chi connectivity index (χ4n) is 2.00. The van der Waals surface area contributed by atoms with Crippen molar-refractivity contribution >= 4 is 5.97 Å². The molecular formula is C10H20N2O2. The molecule has 0 amide bonds. The van der Waals surface area contributed by atoms with E-state index in [0.717, 1.165) is 25.9 Å². The maximum absolute atomic E-state index is 10.5. The summed E-state index contributed by atoms with van der Waals surface area (Å²) >= 11 is 0. The molecule has 0 aliphatic carbocycles. The molecule has 1 aliphatic heterocycles. The first kappa shape index (κ1) is 11.5. The highest BCUT2D eigenvalue weighted by atomic mass is 16.4. The van der Waals surface area contributed by atoms with E-state index in [1.54, 1.807) is 0 Å². The Bertz CT molecular complexity index is 195. The van der Waals surface area contributed by atoms with Crippen molar-refractivity contribution in [3.63, 3.8) is 0 Å². The largest absolute Gasteiger partial charge is 0.480 e. The lowest BCUT2D eigenvalue weighted by Gasteiger charge is -2.22. The van der Waals surface area contributed by atoms with E-state index in [1.807, 2.05) is 4.90 Å². The zero-order valence-corrected chi connectivity index (χ0v) is 9.07. The lowest BCUT2D eigenvalue weighted by Crippen LogP contribution is -2.32. The van der Waals surface area contributed by atoms with Crippen molar-refractivity contribution < 1.29 is 9.90 Å². The summed E-state index contributed by atoms with van der Waals surface area (Å²) in [6.45, 7) is 2.03. The number of carbonyl (C=O) groups is 1. The van der Waals surface area contributed by atoms with Gasteiger partial charge in [-0.1, -0.05) is 0 Å². The number of likely N-dealkylation sites (tertiary alicyclic amines) is 1. The van der Waals surface area contributed by atoms with Crippen LogP contribution < -0.4 is 0 Å². The first-order chi connectivity index (χ1) is 6.59. The van der Waals surface area contributed by atoms with Gasteiger partial charge >= 0.3 is 5.97 Å². The summed E-state index contributed by atoms with van der Waals surface area (Å²) in [6, 6.07) is 0.619. The Labute approximate surface area is 85.5 Å². The van der Waals surface area contributed by atoms with E-state index in [9.17, 15) is 4.79 Å². The molecule has 1 rings (SSSR count). The van der Waals surface area contributed by atoms with Crippen LogP contribution >= 0.6 is 0 Å². The highest BCUT2D eigenvalue weighted by Gasteiger charge is 2.19. The molecule has 1 unspecified atom stereocenters. The van der Waals surface area contributed by atoms with Crippen LogP contribution in [0.3, 0.4) is 0 Å². The highest BCUT2D eigenvalue weighted by Crippen LogP contribution is 2.14. The first-order valence-corrected chi connectivity index (χ1v) is 5.20. The molecule has 4 heteroatoms. The molecule has 1 heterocycles. The molecule has 0 aromatic heterocycles. The molecule has 0 saturated carbocycles. The van der Waals surface area contributed by atoms with Crippen LogP contribution in [0.2, 0.25) is 0 Å². The van der Waals surface area contributed by atoms with Crippen LogP contribution in [0.25, 0.3) is 0 Å². The minimum absolute atomic E-state index is 0.195. The monoisotopic (exact) mass is 200 g/mol. The SMILES string of the molecule is CN(C)C1CCCN(CC(=O)O)CC1. The minimum atomic E-state index is -0.715. The molecule has 4 nitrogen and oxygen atoms in total. The van der Waals surface area contributed by atoms with Gasteiger partial charge in [0.05, 0.1) is 6.54 Å². The van der Waals surface area contributed by atoms with Crippen molar-refractivity contribution in [2.45, 2.75) is 25.3 Å². The van der Waals surface area contributed by atoms with Gasteiger partial charge < -0.3 is 10.0 Å². The summed E-state index contributed by atoms with van der Waals surface area (Å²) in [6.07, 6.45) is 3.37. The summed E-state index contributed by atoms with van der Waals surface area (Å²) in [4.78, 5) is 14.8. The Hall–Kier alpha value is -0.610. The van der Waals surface area contributed by atoms with Gasteiger partial charge in [-0.25, -0.2) is 0 Å². The Balaban J connectivity index is 2.36. The third-order valence-electron chi connectivity index (χ3n) is 2.88. The van der Waals surface area contributed by atoms with Gasteiger partial charge in [0, 0.05) is 12.6 Å². The minimum Gasteiger partial charge on any atom is -0.480 e. The lowest BCUT2D eigenvalue weighted by atomic mass is 10.1. The Morgan fingerprint density at radius 2 is 2.14 bits per heavy atom. The van der Waals surface area contributed by atoms with Crippen LogP contribution in [0.1, 0.15) is 19.3 Å². The van der Waals surface area contributed by atoms with Crippen molar-refractivity contribution in [1.82, 2.24) is 9.80 Å². The molecule has 0 aromatic carbocycles. The number of aliphatic carboxylic acids is 1. The van der Waals surface area contributed by atoms with Crippen LogP contribution in [0.15, 0.2) is 0 Å². The van der Waals surface area contributed by atoms with Crippen molar-refractivity contribution in [3.05, 3.63) is 0 Å². The second-order valence-electron chi connectivity index (χ2n) is 4.22. The molecule has 82 valence electrons. The predicted octanol–water partition coefficient (Wildman–Crippen LogP) is 0.487. The van der Waals surface area contributed by atoms with E-state index in [4.69, 9.17) is 5.11 Å². The zero-order valence-electron chi connectivity index (χ0n) is 9.07. The quantitative estimate of drug-likeness (QED) is 0.720. The summed E-state index contributed by atoms with van der Waals surface area (Å²) in [5.74, 6) is -0.715. The first-order valence-electron chi connectivity index (χ1n) is 5.20. The lowest BCUT2D eigenvalue weighted by molar-refractivity contribution is -0.138. The molecule has 14 heavy (non-hydrogen) atoms. The molecule has 0 bridgehead atoms. The van der Waals surface area contributed by atoms with Crippen LogP contribution in [0, 0.1) is 0 Å². The maximum Gasteiger partial charge on any atom is 0.317 e. The highest BCUT2D eigenvalue weighted by molar-refractivity contribution is 5.69. The van der Waals surface area contributed by atoms with Crippen LogP contribution in [-0.2, 0) is 4.79 Å². The van der Waals surface area contributed by atoms with Gasteiger partial charge in [0.25, 0.3) is 0 Å². The fourth-order valence-corrected chi connectivity index (χ4v) is 2.00. The van der Waals surface area contributed by atoms with Crippen LogP contribution in [0.5, 0.6) is 0 Å². The van der Waals surface area contributed by atoms with Gasteiger partial charge in [0.15, 0.2) is 0 Å². The van der Waals surface area contributed by atoms with E-state index in [0.29, 0.717) is 6.04 Å². The van der Waals surface area contributed by atoms with Gasteiger partial charge in [-0.3, -0.25) is 9.69 Å². The number of rotatable bonds is 3. The van der Waals surface area contributed by atoms with Crippen molar-refractivity contribution in [2.24, 2.45) is 0 Å². The average Bonchev–Trinajstić information content (AvgIpc) is 2.28.